The molecule has 0 saturated carbocycles. The van der Waals surface area contributed by atoms with Crippen LogP contribution in [0, 0.1) is 0 Å². The van der Waals surface area contributed by atoms with Crippen molar-refractivity contribution in [3.63, 3.8) is 0 Å². The highest BCUT2D eigenvalue weighted by atomic mass is 16.5. The van der Waals surface area contributed by atoms with Crippen LogP contribution in [-0.4, -0.2) is 12.2 Å². The Morgan fingerprint density at radius 1 is 0.917 bits per heavy atom. The van der Waals surface area contributed by atoms with E-state index in [2.05, 4.69) is 27.7 Å². The zero-order chi connectivity index (χ0) is 6.62. The Labute approximate surface area is 81.5 Å². The van der Waals surface area contributed by atoms with Crippen LogP contribution >= 0.6 is 0 Å². The summed E-state index contributed by atoms with van der Waals surface area (Å²) in [7, 11) is 0. The molecule has 0 saturated heterocycles. The van der Waals surface area contributed by atoms with E-state index in [-0.39, 0.29) is 35.3 Å². The summed E-state index contributed by atoms with van der Waals surface area (Å²) in [6.07, 6.45) is 1.11. The van der Waals surface area contributed by atoms with E-state index in [0.29, 0.717) is 0 Å². The lowest BCUT2D eigenvalue weighted by molar-refractivity contribution is -0.00236. The molecule has 0 bridgehead atoms. The van der Waals surface area contributed by atoms with E-state index in [0.717, 1.165) is 13.0 Å². The largest absolute Gasteiger partial charge is 0.376 e. The second-order valence-electron chi connectivity index (χ2n) is 2.96. The molecule has 0 N–H and O–H groups in total. The molecule has 12 heavy (non-hydrogen) atoms. The fourth-order valence-corrected chi connectivity index (χ4v) is 0.408. The van der Waals surface area contributed by atoms with Gasteiger partial charge in [0.2, 0.25) is 0 Å². The van der Waals surface area contributed by atoms with Crippen molar-refractivity contribution in [3.05, 3.63) is 0 Å². The lowest BCUT2D eigenvalue weighted by Crippen LogP contribution is -2.19. The van der Waals surface area contributed by atoms with Crippen LogP contribution in [0.15, 0.2) is 0 Å². The van der Waals surface area contributed by atoms with E-state index >= 15 is 0 Å². The zero-order valence-electron chi connectivity index (χ0n) is 6.32. The standard InChI is InChI=1S/C7H16O.4CH4/c1-5-6-8-7(2,3)4;;;;/h5-6H2,1-4H3;4*1H4. The van der Waals surface area contributed by atoms with Gasteiger partial charge in [-0.1, -0.05) is 36.6 Å². The summed E-state index contributed by atoms with van der Waals surface area (Å²) in [5.41, 5.74) is 0.0516. The van der Waals surface area contributed by atoms with E-state index in [9.17, 15) is 0 Å². The molecule has 82 valence electrons. The van der Waals surface area contributed by atoms with Crippen LogP contribution in [0.25, 0.3) is 0 Å². The Hall–Kier alpha value is -0.0400. The minimum absolute atomic E-state index is 0. The molecule has 0 atom stereocenters. The first kappa shape index (κ1) is 29.7. The van der Waals surface area contributed by atoms with Crippen molar-refractivity contribution in [3.8, 4) is 0 Å². The maximum atomic E-state index is 5.38. The SMILES string of the molecule is C.C.C.C.CCCOC(C)(C)C. The summed E-state index contributed by atoms with van der Waals surface area (Å²) in [6, 6.07) is 0. The first-order valence-electron chi connectivity index (χ1n) is 3.20. The van der Waals surface area contributed by atoms with Crippen LogP contribution in [0.5, 0.6) is 0 Å². The normalized spacial score (nSPS) is 8.00. The monoisotopic (exact) mass is 180 g/mol. The van der Waals surface area contributed by atoms with Crippen LogP contribution in [0.3, 0.4) is 0 Å². The third-order valence-electron chi connectivity index (χ3n) is 0.739. The molecule has 0 aliphatic heterocycles. The van der Waals surface area contributed by atoms with Gasteiger partial charge in [-0.05, 0) is 27.2 Å². The predicted octanol–water partition coefficient (Wildman–Crippen LogP) is 4.76. The van der Waals surface area contributed by atoms with Crippen molar-refractivity contribution >= 4 is 0 Å². The fraction of sp³-hybridized carbons (Fsp3) is 1.00. The Balaban J connectivity index is -0.0000000408. The van der Waals surface area contributed by atoms with Crippen molar-refractivity contribution in [1.82, 2.24) is 0 Å². The van der Waals surface area contributed by atoms with E-state index in [4.69, 9.17) is 4.74 Å². The lowest BCUT2D eigenvalue weighted by atomic mass is 10.2. The Kier molecular flexibility index (Phi) is 33.5. The lowest BCUT2D eigenvalue weighted by Gasteiger charge is -2.18. The molecular weight excluding hydrogens is 148 g/mol. The number of rotatable bonds is 2. The summed E-state index contributed by atoms with van der Waals surface area (Å²) in [4.78, 5) is 0. The molecule has 0 aliphatic carbocycles. The Bertz CT molecular complexity index is 52.5. The molecule has 0 aromatic heterocycles. The zero-order valence-corrected chi connectivity index (χ0v) is 6.32. The highest BCUT2D eigenvalue weighted by Gasteiger charge is 2.07. The average molecular weight is 180 g/mol. The minimum Gasteiger partial charge on any atom is -0.376 e. The van der Waals surface area contributed by atoms with Gasteiger partial charge in [0.05, 0.1) is 5.60 Å². The van der Waals surface area contributed by atoms with Crippen LogP contribution in [0.1, 0.15) is 63.8 Å². The highest BCUT2D eigenvalue weighted by Crippen LogP contribution is 2.05. The molecule has 1 heteroatoms. The van der Waals surface area contributed by atoms with Gasteiger partial charge >= 0.3 is 0 Å². The molecule has 0 radical (unpaired) electrons. The van der Waals surface area contributed by atoms with E-state index in [1.165, 1.54) is 0 Å². The maximum absolute atomic E-state index is 5.38. The predicted molar refractivity (Wildman–Crippen MR) is 62.9 cm³/mol. The molecule has 0 fully saturated rings. The summed E-state index contributed by atoms with van der Waals surface area (Å²) in [6.45, 7) is 9.21. The molecule has 0 rings (SSSR count). The fourth-order valence-electron chi connectivity index (χ4n) is 0.408. The Morgan fingerprint density at radius 3 is 1.33 bits per heavy atom. The van der Waals surface area contributed by atoms with Gasteiger partial charge in [-0.25, -0.2) is 0 Å². The van der Waals surface area contributed by atoms with Crippen LogP contribution in [0.2, 0.25) is 0 Å². The first-order valence-corrected chi connectivity index (χ1v) is 3.20. The molecule has 0 spiro atoms. The first-order chi connectivity index (χ1) is 3.56. The third-order valence-corrected chi connectivity index (χ3v) is 0.739. The van der Waals surface area contributed by atoms with E-state index < -0.39 is 0 Å². The number of ether oxygens (including phenoxy) is 1. The van der Waals surface area contributed by atoms with Gasteiger partial charge in [0, 0.05) is 6.61 Å². The number of hydrogen-bond donors (Lipinski definition) is 0. The van der Waals surface area contributed by atoms with Crippen LogP contribution in [0.4, 0.5) is 0 Å². The molecule has 1 nitrogen and oxygen atoms in total. The van der Waals surface area contributed by atoms with Gasteiger partial charge in [-0.15, -0.1) is 0 Å². The van der Waals surface area contributed by atoms with Gasteiger partial charge < -0.3 is 4.74 Å². The molecular formula is C11H32O. The van der Waals surface area contributed by atoms with Gasteiger partial charge in [-0.3, -0.25) is 0 Å². The van der Waals surface area contributed by atoms with E-state index in [1.807, 2.05) is 0 Å². The Morgan fingerprint density at radius 2 is 1.25 bits per heavy atom. The number of hydrogen-bond acceptors (Lipinski definition) is 1. The van der Waals surface area contributed by atoms with E-state index in [1.54, 1.807) is 0 Å². The molecule has 0 heterocycles. The molecule has 0 aliphatic rings. The van der Waals surface area contributed by atoms with Crippen molar-refractivity contribution in [2.24, 2.45) is 0 Å². The summed E-state index contributed by atoms with van der Waals surface area (Å²) in [5, 5.41) is 0. The van der Waals surface area contributed by atoms with Crippen molar-refractivity contribution in [1.29, 1.82) is 0 Å². The van der Waals surface area contributed by atoms with Crippen LogP contribution < -0.4 is 0 Å². The van der Waals surface area contributed by atoms with Crippen molar-refractivity contribution < 1.29 is 4.74 Å². The molecule has 0 amide bonds. The average Bonchev–Trinajstić information content (AvgIpc) is 1.59. The molecule has 0 unspecified atom stereocenters. The van der Waals surface area contributed by atoms with Gasteiger partial charge in [-0.2, -0.15) is 0 Å². The van der Waals surface area contributed by atoms with Crippen molar-refractivity contribution in [2.45, 2.75) is 69.4 Å². The van der Waals surface area contributed by atoms with Gasteiger partial charge in [0.25, 0.3) is 0 Å². The second-order valence-corrected chi connectivity index (χ2v) is 2.96. The van der Waals surface area contributed by atoms with Crippen molar-refractivity contribution in [2.75, 3.05) is 6.61 Å². The summed E-state index contributed by atoms with van der Waals surface area (Å²) < 4.78 is 5.38. The summed E-state index contributed by atoms with van der Waals surface area (Å²) >= 11 is 0. The summed E-state index contributed by atoms with van der Waals surface area (Å²) in [5.74, 6) is 0. The highest BCUT2D eigenvalue weighted by molar-refractivity contribution is 4.57. The smallest absolute Gasteiger partial charge is 0.0598 e. The maximum Gasteiger partial charge on any atom is 0.0598 e. The van der Waals surface area contributed by atoms with Gasteiger partial charge in [0.1, 0.15) is 0 Å². The van der Waals surface area contributed by atoms with Crippen LogP contribution in [-0.2, 0) is 4.74 Å². The van der Waals surface area contributed by atoms with Gasteiger partial charge in [0.15, 0.2) is 0 Å². The second kappa shape index (κ2) is 13.5. The minimum atomic E-state index is 0. The topological polar surface area (TPSA) is 9.23 Å². The quantitative estimate of drug-likeness (QED) is 0.595. The molecule has 0 aromatic rings. The molecule has 0 aromatic carbocycles. The third kappa shape index (κ3) is 32.5.